The Morgan fingerprint density at radius 2 is 2.00 bits per heavy atom. The highest BCUT2D eigenvalue weighted by molar-refractivity contribution is 6.32. The minimum Gasteiger partial charge on any atom is -0.433 e. The zero-order chi connectivity index (χ0) is 14.0. The lowest BCUT2D eigenvalue weighted by Gasteiger charge is -2.08. The molecule has 0 atom stereocenters. The molecule has 0 amide bonds. The first-order chi connectivity index (χ1) is 9.01. The number of hydrogen-bond donors (Lipinski definition) is 2. The lowest BCUT2D eigenvalue weighted by Crippen LogP contribution is -2.02. The van der Waals surface area contributed by atoms with Gasteiger partial charge < -0.3 is 15.6 Å². The number of nitrogen functional groups attached to an aromatic ring is 1. The third-order valence-corrected chi connectivity index (χ3v) is 2.48. The Hall–Kier alpha value is -1.99. The average molecular weight is 288 g/mol. The van der Waals surface area contributed by atoms with Gasteiger partial charge >= 0.3 is 0 Å². The van der Waals surface area contributed by atoms with Gasteiger partial charge in [-0.25, -0.2) is 8.78 Å². The van der Waals surface area contributed by atoms with Crippen LogP contribution in [0, 0.1) is 11.6 Å². The van der Waals surface area contributed by atoms with Crippen molar-refractivity contribution in [1.82, 2.24) is 10.2 Å². The summed E-state index contributed by atoms with van der Waals surface area (Å²) in [5, 5.41) is 15.8. The Kier molecular flexibility index (Phi) is 3.77. The molecule has 0 bridgehead atoms. The Labute approximate surface area is 111 Å². The van der Waals surface area contributed by atoms with E-state index in [1.807, 2.05) is 0 Å². The molecule has 0 saturated heterocycles. The van der Waals surface area contributed by atoms with E-state index in [1.54, 1.807) is 0 Å². The van der Waals surface area contributed by atoms with Crippen LogP contribution in [0.5, 0.6) is 11.6 Å². The molecule has 2 aromatic rings. The predicted octanol–water partition coefficient (Wildman–Crippen LogP) is 2.28. The van der Waals surface area contributed by atoms with E-state index in [0.717, 1.165) is 6.07 Å². The van der Waals surface area contributed by atoms with Gasteiger partial charge in [0.05, 0.1) is 17.3 Å². The van der Waals surface area contributed by atoms with Crippen molar-refractivity contribution in [3.05, 3.63) is 40.6 Å². The Morgan fingerprint density at radius 3 is 2.58 bits per heavy atom. The lowest BCUT2D eigenvalue weighted by atomic mass is 10.3. The molecule has 5 nitrogen and oxygen atoms in total. The standard InChI is InChI=1S/C11H8ClF2N3O2/c12-6-1-5(13)2-7(14)11(6)19-10-3-8(15)9(4-18)16-17-10/h1-3,18H,4H2,(H2,15,17). The molecule has 0 saturated carbocycles. The highest BCUT2D eigenvalue weighted by Gasteiger charge is 2.14. The van der Waals surface area contributed by atoms with E-state index in [-0.39, 0.29) is 34.6 Å². The van der Waals surface area contributed by atoms with Gasteiger partial charge in [0, 0.05) is 12.1 Å². The van der Waals surface area contributed by atoms with E-state index in [2.05, 4.69) is 10.2 Å². The molecule has 19 heavy (non-hydrogen) atoms. The van der Waals surface area contributed by atoms with Crippen LogP contribution in [0.2, 0.25) is 5.02 Å². The zero-order valence-corrected chi connectivity index (χ0v) is 10.2. The molecule has 100 valence electrons. The normalized spacial score (nSPS) is 10.5. The molecule has 1 aromatic heterocycles. The molecule has 2 rings (SSSR count). The largest absolute Gasteiger partial charge is 0.433 e. The van der Waals surface area contributed by atoms with E-state index in [9.17, 15) is 8.78 Å². The quantitative estimate of drug-likeness (QED) is 0.905. The summed E-state index contributed by atoms with van der Waals surface area (Å²) >= 11 is 5.66. The maximum absolute atomic E-state index is 13.5. The number of halogens is 3. The number of hydrogen-bond acceptors (Lipinski definition) is 5. The average Bonchev–Trinajstić information content (AvgIpc) is 2.34. The van der Waals surface area contributed by atoms with E-state index >= 15 is 0 Å². The first-order valence-corrected chi connectivity index (χ1v) is 5.44. The number of nitrogens with zero attached hydrogens (tertiary/aromatic N) is 2. The van der Waals surface area contributed by atoms with Crippen LogP contribution >= 0.6 is 11.6 Å². The Bertz CT molecular complexity index is 602. The van der Waals surface area contributed by atoms with Crippen molar-refractivity contribution in [2.75, 3.05) is 5.73 Å². The number of aliphatic hydroxyl groups is 1. The molecule has 3 N–H and O–H groups in total. The van der Waals surface area contributed by atoms with Gasteiger partial charge in [0.25, 0.3) is 0 Å². The van der Waals surface area contributed by atoms with Crippen molar-refractivity contribution in [2.24, 2.45) is 0 Å². The lowest BCUT2D eigenvalue weighted by molar-refractivity contribution is 0.275. The second kappa shape index (κ2) is 5.33. The molecule has 8 heteroatoms. The summed E-state index contributed by atoms with van der Waals surface area (Å²) in [6, 6.07) is 2.77. The second-order valence-corrected chi connectivity index (χ2v) is 3.95. The van der Waals surface area contributed by atoms with E-state index < -0.39 is 11.6 Å². The zero-order valence-electron chi connectivity index (χ0n) is 9.40. The van der Waals surface area contributed by atoms with E-state index in [0.29, 0.717) is 6.07 Å². The fourth-order valence-corrected chi connectivity index (χ4v) is 1.55. The van der Waals surface area contributed by atoms with Gasteiger partial charge in [-0.15, -0.1) is 10.2 Å². The molecule has 0 aliphatic heterocycles. The fraction of sp³-hybridized carbons (Fsp3) is 0.0909. The summed E-state index contributed by atoms with van der Waals surface area (Å²) in [5.74, 6) is -2.30. The number of nitrogens with two attached hydrogens (primary N) is 1. The third-order valence-electron chi connectivity index (χ3n) is 2.20. The van der Waals surface area contributed by atoms with Crippen molar-refractivity contribution >= 4 is 17.3 Å². The van der Waals surface area contributed by atoms with Gasteiger partial charge in [-0.2, -0.15) is 0 Å². The maximum atomic E-state index is 13.5. The number of anilines is 1. The summed E-state index contributed by atoms with van der Waals surface area (Å²) in [5.41, 5.74) is 5.85. The number of rotatable bonds is 3. The number of aromatic nitrogens is 2. The molecule has 0 aliphatic rings. The first-order valence-electron chi connectivity index (χ1n) is 5.06. The number of aliphatic hydroxyl groups excluding tert-OH is 1. The van der Waals surface area contributed by atoms with Crippen LogP contribution in [0.3, 0.4) is 0 Å². The molecule has 0 radical (unpaired) electrons. The minimum atomic E-state index is -0.975. The van der Waals surface area contributed by atoms with Crippen LogP contribution in [0.1, 0.15) is 5.69 Å². The van der Waals surface area contributed by atoms with Crippen LogP contribution in [0.25, 0.3) is 0 Å². The maximum Gasteiger partial charge on any atom is 0.241 e. The molecular formula is C11H8ClF2N3O2. The Morgan fingerprint density at radius 1 is 1.26 bits per heavy atom. The molecule has 0 aliphatic carbocycles. The Balaban J connectivity index is 2.34. The van der Waals surface area contributed by atoms with Gasteiger partial charge in [-0.1, -0.05) is 11.6 Å². The summed E-state index contributed by atoms with van der Waals surface area (Å²) in [4.78, 5) is 0. The predicted molar refractivity (Wildman–Crippen MR) is 63.8 cm³/mol. The van der Waals surface area contributed by atoms with Crippen molar-refractivity contribution < 1.29 is 18.6 Å². The van der Waals surface area contributed by atoms with Crippen molar-refractivity contribution in [3.8, 4) is 11.6 Å². The van der Waals surface area contributed by atoms with Gasteiger partial charge in [0.2, 0.25) is 5.88 Å². The van der Waals surface area contributed by atoms with E-state index in [4.69, 9.17) is 27.2 Å². The molecule has 1 aromatic carbocycles. The number of benzene rings is 1. The van der Waals surface area contributed by atoms with Crippen molar-refractivity contribution in [3.63, 3.8) is 0 Å². The van der Waals surface area contributed by atoms with Gasteiger partial charge in [-0.3, -0.25) is 0 Å². The van der Waals surface area contributed by atoms with Crippen molar-refractivity contribution in [2.45, 2.75) is 6.61 Å². The van der Waals surface area contributed by atoms with Crippen LogP contribution < -0.4 is 10.5 Å². The summed E-state index contributed by atoms with van der Waals surface area (Å²) in [7, 11) is 0. The molecule has 0 unspecified atom stereocenters. The molecule has 0 spiro atoms. The summed E-state index contributed by atoms with van der Waals surface area (Å²) in [6.45, 7) is -0.384. The third kappa shape index (κ3) is 2.88. The first kappa shape index (κ1) is 13.4. The molecular weight excluding hydrogens is 280 g/mol. The number of ether oxygens (including phenoxy) is 1. The molecule has 1 heterocycles. The fourth-order valence-electron chi connectivity index (χ4n) is 1.32. The van der Waals surface area contributed by atoms with E-state index in [1.165, 1.54) is 6.07 Å². The summed E-state index contributed by atoms with van der Waals surface area (Å²) < 4.78 is 31.4. The minimum absolute atomic E-state index is 0.123. The van der Waals surface area contributed by atoms with Crippen LogP contribution in [-0.4, -0.2) is 15.3 Å². The smallest absolute Gasteiger partial charge is 0.241 e. The van der Waals surface area contributed by atoms with Crippen molar-refractivity contribution in [1.29, 1.82) is 0 Å². The van der Waals surface area contributed by atoms with Gasteiger partial charge in [0.15, 0.2) is 11.6 Å². The van der Waals surface area contributed by atoms with Crippen LogP contribution in [0.4, 0.5) is 14.5 Å². The van der Waals surface area contributed by atoms with Crippen LogP contribution in [0.15, 0.2) is 18.2 Å². The van der Waals surface area contributed by atoms with Gasteiger partial charge in [-0.05, 0) is 6.07 Å². The second-order valence-electron chi connectivity index (χ2n) is 3.54. The highest BCUT2D eigenvalue weighted by atomic mass is 35.5. The monoisotopic (exact) mass is 287 g/mol. The van der Waals surface area contributed by atoms with Crippen LogP contribution in [-0.2, 0) is 6.61 Å². The summed E-state index contributed by atoms with van der Waals surface area (Å²) in [6.07, 6.45) is 0. The van der Waals surface area contributed by atoms with Gasteiger partial charge in [0.1, 0.15) is 11.5 Å². The SMILES string of the molecule is Nc1cc(Oc2c(F)cc(F)cc2Cl)nnc1CO. The molecule has 0 fully saturated rings. The topological polar surface area (TPSA) is 81.3 Å². The highest BCUT2D eigenvalue weighted by Crippen LogP contribution is 2.32.